The van der Waals surface area contributed by atoms with Gasteiger partial charge in [-0.1, -0.05) is 35.4 Å². The Morgan fingerprint density at radius 3 is 2.50 bits per heavy atom. The molecular weight excluding hydrogens is 600 g/mol. The fourth-order valence-corrected chi connectivity index (χ4v) is 7.38. The number of amides is 2. The molecule has 3 heterocycles. The molecule has 13 heteroatoms. The number of nitrogens with zero attached hydrogens (tertiary/aromatic N) is 3. The zero-order valence-electron chi connectivity index (χ0n) is 23.1. The van der Waals surface area contributed by atoms with Crippen LogP contribution in [0.1, 0.15) is 31.2 Å². The second kappa shape index (κ2) is 12.2. The predicted molar refractivity (Wildman–Crippen MR) is 165 cm³/mol. The second-order valence-electron chi connectivity index (χ2n) is 9.96. The Morgan fingerprint density at radius 2 is 1.81 bits per heavy atom. The summed E-state index contributed by atoms with van der Waals surface area (Å²) in [7, 11) is 1.31. The fraction of sp³-hybridized carbons (Fsp3) is 0.276. The molecule has 1 fully saturated rings. The Morgan fingerprint density at radius 1 is 1.07 bits per heavy atom. The van der Waals surface area contributed by atoms with E-state index in [9.17, 15) is 24.5 Å². The molecule has 4 aromatic rings. The molecule has 0 atom stereocenters. The summed E-state index contributed by atoms with van der Waals surface area (Å²) in [6.45, 7) is 5.75. The molecule has 1 aliphatic rings. The average molecular weight is 627 g/mol. The number of non-ortho nitro benzene ring substituents is 1. The van der Waals surface area contributed by atoms with Gasteiger partial charge in [0.25, 0.3) is 11.6 Å². The zero-order chi connectivity index (χ0) is 30.1. The SMILES string of the molecule is COC(=O)c1c(-c2cc(C)ccc2C)csc1NC(=O)CN1CCN(C(=O)c2sc3cc([N+](=O)[O-])ccc3c2Cl)CC1. The minimum absolute atomic E-state index is 0.0611. The topological polar surface area (TPSA) is 122 Å². The summed E-state index contributed by atoms with van der Waals surface area (Å²) in [5, 5.41) is 17.2. The van der Waals surface area contributed by atoms with Crippen molar-refractivity contribution in [3.8, 4) is 11.1 Å². The van der Waals surface area contributed by atoms with E-state index in [1.165, 1.54) is 30.6 Å². The molecule has 1 saturated heterocycles. The van der Waals surface area contributed by atoms with Crippen LogP contribution in [0.2, 0.25) is 5.02 Å². The van der Waals surface area contributed by atoms with Gasteiger partial charge in [-0.05, 0) is 31.0 Å². The van der Waals surface area contributed by atoms with Crippen LogP contribution in [-0.4, -0.2) is 72.3 Å². The summed E-state index contributed by atoms with van der Waals surface area (Å²) in [5.74, 6) is -1.04. The Bertz CT molecular complexity index is 1720. The number of thiophene rings is 2. The summed E-state index contributed by atoms with van der Waals surface area (Å²) in [6.07, 6.45) is 0. The van der Waals surface area contributed by atoms with Gasteiger partial charge in [0.2, 0.25) is 5.91 Å². The highest BCUT2D eigenvalue weighted by Crippen LogP contribution is 2.39. The number of rotatable bonds is 7. The smallest absolute Gasteiger partial charge is 0.341 e. The highest BCUT2D eigenvalue weighted by Gasteiger charge is 2.28. The monoisotopic (exact) mass is 626 g/mol. The van der Waals surface area contributed by atoms with Gasteiger partial charge in [-0.25, -0.2) is 4.79 Å². The number of carbonyl (C=O) groups excluding carboxylic acids is 3. The maximum absolute atomic E-state index is 13.3. The molecular formula is C29H27ClN4O6S2. The Balaban J connectivity index is 1.23. The van der Waals surface area contributed by atoms with Crippen LogP contribution in [0.15, 0.2) is 41.8 Å². The lowest BCUT2D eigenvalue weighted by Crippen LogP contribution is -2.50. The summed E-state index contributed by atoms with van der Waals surface area (Å²) < 4.78 is 5.62. The third kappa shape index (κ3) is 5.88. The Kier molecular flexibility index (Phi) is 8.60. The van der Waals surface area contributed by atoms with Gasteiger partial charge in [0, 0.05) is 59.3 Å². The van der Waals surface area contributed by atoms with E-state index in [1.807, 2.05) is 42.3 Å². The summed E-state index contributed by atoms with van der Waals surface area (Å²) >= 11 is 8.89. The van der Waals surface area contributed by atoms with Crippen LogP contribution in [0.25, 0.3) is 21.2 Å². The molecule has 0 spiro atoms. The molecule has 1 N–H and O–H groups in total. The van der Waals surface area contributed by atoms with Crippen LogP contribution in [-0.2, 0) is 9.53 Å². The van der Waals surface area contributed by atoms with Gasteiger partial charge in [0.1, 0.15) is 15.4 Å². The first-order valence-corrected chi connectivity index (χ1v) is 15.1. The van der Waals surface area contributed by atoms with Gasteiger partial charge in [-0.15, -0.1) is 22.7 Å². The molecule has 1 aliphatic heterocycles. The van der Waals surface area contributed by atoms with E-state index in [2.05, 4.69) is 5.32 Å². The number of aryl methyl sites for hydroxylation is 2. The van der Waals surface area contributed by atoms with Gasteiger partial charge in [0.15, 0.2) is 0 Å². The van der Waals surface area contributed by atoms with Gasteiger partial charge in [-0.2, -0.15) is 0 Å². The number of fused-ring (bicyclic) bond motifs is 1. The molecule has 218 valence electrons. The third-order valence-corrected chi connectivity index (χ3v) is 9.70. The van der Waals surface area contributed by atoms with Crippen molar-refractivity contribution < 1.29 is 24.0 Å². The highest BCUT2D eigenvalue weighted by atomic mass is 35.5. The molecule has 0 saturated carbocycles. The normalized spacial score (nSPS) is 13.8. The number of methoxy groups -OCH3 is 1. The molecule has 0 aliphatic carbocycles. The van der Waals surface area contributed by atoms with Crippen LogP contribution >= 0.6 is 34.3 Å². The predicted octanol–water partition coefficient (Wildman–Crippen LogP) is 5.99. The van der Waals surface area contributed by atoms with Gasteiger partial charge >= 0.3 is 5.97 Å². The molecule has 0 radical (unpaired) electrons. The molecule has 42 heavy (non-hydrogen) atoms. The first kappa shape index (κ1) is 29.6. The summed E-state index contributed by atoms with van der Waals surface area (Å²) in [6, 6.07) is 10.4. The van der Waals surface area contributed by atoms with E-state index in [0.717, 1.165) is 28.0 Å². The van der Waals surface area contributed by atoms with Crippen LogP contribution in [0.3, 0.4) is 0 Å². The van der Waals surface area contributed by atoms with E-state index >= 15 is 0 Å². The number of nitro benzene ring substituents is 1. The van der Waals surface area contributed by atoms with Crippen LogP contribution in [0.4, 0.5) is 10.7 Å². The van der Waals surface area contributed by atoms with Crippen molar-refractivity contribution in [1.29, 1.82) is 0 Å². The van der Waals surface area contributed by atoms with Crippen molar-refractivity contribution in [2.24, 2.45) is 0 Å². The number of hydrogen-bond acceptors (Lipinski definition) is 9. The minimum atomic E-state index is -0.524. The summed E-state index contributed by atoms with van der Waals surface area (Å²) in [5.41, 5.74) is 3.95. The number of anilines is 1. The molecule has 5 rings (SSSR count). The lowest BCUT2D eigenvalue weighted by molar-refractivity contribution is -0.384. The first-order chi connectivity index (χ1) is 20.1. The largest absolute Gasteiger partial charge is 0.465 e. The first-order valence-electron chi connectivity index (χ1n) is 13.0. The maximum atomic E-state index is 13.3. The molecule has 0 unspecified atom stereocenters. The van der Waals surface area contributed by atoms with E-state index < -0.39 is 10.9 Å². The van der Waals surface area contributed by atoms with Crippen molar-refractivity contribution in [3.05, 3.63) is 78.5 Å². The lowest BCUT2D eigenvalue weighted by Gasteiger charge is -2.34. The number of benzene rings is 2. The molecule has 10 nitrogen and oxygen atoms in total. The maximum Gasteiger partial charge on any atom is 0.341 e. The van der Waals surface area contributed by atoms with E-state index in [1.54, 1.807) is 11.0 Å². The van der Waals surface area contributed by atoms with Crippen molar-refractivity contribution in [2.45, 2.75) is 13.8 Å². The Labute approximate surface area is 254 Å². The molecule has 2 amide bonds. The number of ether oxygens (including phenoxy) is 1. The van der Waals surface area contributed by atoms with Crippen molar-refractivity contribution >= 4 is 72.8 Å². The number of nitro groups is 1. The van der Waals surface area contributed by atoms with Crippen molar-refractivity contribution in [3.63, 3.8) is 0 Å². The molecule has 0 bridgehead atoms. The molecule has 2 aromatic heterocycles. The summed E-state index contributed by atoms with van der Waals surface area (Å²) in [4.78, 5) is 53.6. The van der Waals surface area contributed by atoms with Crippen molar-refractivity contribution in [2.75, 3.05) is 45.2 Å². The number of carbonyl (C=O) groups is 3. The van der Waals surface area contributed by atoms with Crippen molar-refractivity contribution in [1.82, 2.24) is 9.80 Å². The standard InChI is InChI=1S/C29H27ClN4O6S2/c1-16-4-5-17(2)20(12-16)21-15-41-27(24(21)29(37)40-3)31-23(35)14-32-8-10-33(11-9-32)28(36)26-25(30)19-7-6-18(34(38)39)13-22(19)42-26/h4-7,12-13,15H,8-11,14H2,1-3H3,(H,31,35). The van der Waals surface area contributed by atoms with Gasteiger partial charge in [-0.3, -0.25) is 24.6 Å². The lowest BCUT2D eigenvalue weighted by atomic mass is 9.97. The highest BCUT2D eigenvalue weighted by molar-refractivity contribution is 7.21. The number of hydrogen-bond donors (Lipinski definition) is 1. The van der Waals surface area contributed by atoms with Crippen LogP contribution in [0, 0.1) is 24.0 Å². The Hall–Kier alpha value is -3.84. The van der Waals surface area contributed by atoms with E-state index in [-0.39, 0.29) is 29.1 Å². The fourth-order valence-electron chi connectivity index (χ4n) is 4.91. The second-order valence-corrected chi connectivity index (χ2v) is 12.3. The minimum Gasteiger partial charge on any atom is -0.465 e. The van der Waals surface area contributed by atoms with Crippen LogP contribution < -0.4 is 5.32 Å². The number of halogens is 1. The number of esters is 1. The molecule has 2 aromatic carbocycles. The number of piperazine rings is 1. The zero-order valence-corrected chi connectivity index (χ0v) is 25.5. The van der Waals surface area contributed by atoms with Gasteiger partial charge in [0.05, 0.1) is 23.6 Å². The third-order valence-electron chi connectivity index (χ3n) is 7.16. The average Bonchev–Trinajstić information content (AvgIpc) is 3.54. The quantitative estimate of drug-likeness (QED) is 0.152. The van der Waals surface area contributed by atoms with E-state index in [0.29, 0.717) is 57.3 Å². The van der Waals surface area contributed by atoms with Gasteiger partial charge < -0.3 is 15.0 Å². The van der Waals surface area contributed by atoms with E-state index in [4.69, 9.17) is 16.3 Å². The number of nitrogens with one attached hydrogen (secondary N) is 1. The van der Waals surface area contributed by atoms with Crippen LogP contribution in [0.5, 0.6) is 0 Å².